The molecule has 72 valence electrons. The monoisotopic (exact) mass is 230 g/mol. The number of halogens is 3. The third-order valence-electron chi connectivity index (χ3n) is 1.81. The minimum atomic E-state index is -0.500. The fraction of sp³-hybridized carbons (Fsp3) is 0. The molecule has 0 aliphatic carbocycles. The Morgan fingerprint density at radius 1 is 1.21 bits per heavy atom. The Morgan fingerprint density at radius 2 is 2.00 bits per heavy atom. The molecule has 2 aromatic rings. The number of nitrogens with one attached hydrogen (secondary N) is 1. The molecular formula is C9H5Cl2FN2. The molecule has 0 spiro atoms. The lowest BCUT2D eigenvalue weighted by Crippen LogP contribution is -1.86. The van der Waals surface area contributed by atoms with Crippen molar-refractivity contribution in [2.45, 2.75) is 0 Å². The topological polar surface area (TPSA) is 28.7 Å². The number of nitrogens with zero attached hydrogens (tertiary/aromatic N) is 1. The molecule has 5 heteroatoms. The lowest BCUT2D eigenvalue weighted by atomic mass is 10.1. The van der Waals surface area contributed by atoms with Crippen LogP contribution in [0.2, 0.25) is 10.0 Å². The number of H-pyrrole nitrogens is 1. The Balaban J connectivity index is 2.63. The van der Waals surface area contributed by atoms with Crippen molar-refractivity contribution in [2.24, 2.45) is 0 Å². The van der Waals surface area contributed by atoms with Gasteiger partial charge in [-0.3, -0.25) is 5.10 Å². The first-order chi connectivity index (χ1) is 6.70. The summed E-state index contributed by atoms with van der Waals surface area (Å²) in [6.45, 7) is 0. The van der Waals surface area contributed by atoms with E-state index in [9.17, 15) is 4.39 Å². The second kappa shape index (κ2) is 3.59. The van der Waals surface area contributed by atoms with Crippen molar-refractivity contribution >= 4 is 23.2 Å². The number of rotatable bonds is 1. The van der Waals surface area contributed by atoms with Crippen LogP contribution in [0.1, 0.15) is 0 Å². The van der Waals surface area contributed by atoms with Gasteiger partial charge in [-0.15, -0.1) is 0 Å². The van der Waals surface area contributed by atoms with E-state index >= 15 is 0 Å². The van der Waals surface area contributed by atoms with Gasteiger partial charge in [0.15, 0.2) is 5.82 Å². The normalized spacial score (nSPS) is 10.5. The summed E-state index contributed by atoms with van der Waals surface area (Å²) in [5.41, 5.74) is 0.756. The predicted molar refractivity (Wildman–Crippen MR) is 54.0 cm³/mol. The molecule has 1 N–H and O–H groups in total. The summed E-state index contributed by atoms with van der Waals surface area (Å²) in [5, 5.41) is 6.74. The van der Waals surface area contributed by atoms with Crippen molar-refractivity contribution in [1.29, 1.82) is 0 Å². The van der Waals surface area contributed by atoms with E-state index in [-0.39, 0.29) is 5.02 Å². The van der Waals surface area contributed by atoms with Crippen LogP contribution in [0.3, 0.4) is 0 Å². The van der Waals surface area contributed by atoms with Gasteiger partial charge in [0.1, 0.15) is 0 Å². The molecule has 0 aliphatic heterocycles. The van der Waals surface area contributed by atoms with Gasteiger partial charge in [0.25, 0.3) is 0 Å². The first-order valence-electron chi connectivity index (χ1n) is 3.83. The van der Waals surface area contributed by atoms with E-state index in [2.05, 4.69) is 10.2 Å². The smallest absolute Gasteiger partial charge is 0.151 e. The van der Waals surface area contributed by atoms with E-state index in [4.69, 9.17) is 23.2 Å². The molecule has 0 aliphatic rings. The van der Waals surface area contributed by atoms with Gasteiger partial charge in [-0.2, -0.15) is 5.10 Å². The standard InChI is InChI=1S/C9H5Cl2FN2/c10-6-3-1-2-5(8(6)12)9-7(11)4-13-14-9/h1-4H,(H,13,14). The minimum absolute atomic E-state index is 0.0631. The second-order valence-corrected chi connectivity index (χ2v) is 3.51. The number of hydrogen-bond acceptors (Lipinski definition) is 1. The molecule has 0 atom stereocenters. The predicted octanol–water partition coefficient (Wildman–Crippen LogP) is 3.52. The molecular weight excluding hydrogens is 226 g/mol. The molecule has 2 nitrogen and oxygen atoms in total. The Hall–Kier alpha value is -1.06. The summed E-state index contributed by atoms with van der Waals surface area (Å²) in [5.74, 6) is -0.500. The van der Waals surface area contributed by atoms with Crippen molar-refractivity contribution < 1.29 is 4.39 Å². The van der Waals surface area contributed by atoms with E-state index in [1.54, 1.807) is 12.1 Å². The highest BCUT2D eigenvalue weighted by Crippen LogP contribution is 2.30. The van der Waals surface area contributed by atoms with Gasteiger partial charge in [0.2, 0.25) is 0 Å². The maximum Gasteiger partial charge on any atom is 0.151 e. The van der Waals surface area contributed by atoms with Crippen LogP contribution in [0.15, 0.2) is 24.4 Å². The van der Waals surface area contributed by atoms with Crippen LogP contribution in [-0.4, -0.2) is 10.2 Å². The molecule has 14 heavy (non-hydrogen) atoms. The van der Waals surface area contributed by atoms with Gasteiger partial charge in [0, 0.05) is 5.56 Å². The molecule has 2 rings (SSSR count). The second-order valence-electron chi connectivity index (χ2n) is 2.69. The van der Waals surface area contributed by atoms with Crippen LogP contribution in [-0.2, 0) is 0 Å². The Labute approximate surface area is 89.7 Å². The Kier molecular flexibility index (Phi) is 2.44. The largest absolute Gasteiger partial charge is 0.276 e. The molecule has 0 fully saturated rings. The maximum absolute atomic E-state index is 13.5. The molecule has 0 saturated heterocycles. The maximum atomic E-state index is 13.5. The van der Waals surface area contributed by atoms with Crippen molar-refractivity contribution in [1.82, 2.24) is 10.2 Å². The first kappa shape index (κ1) is 9.49. The van der Waals surface area contributed by atoms with Crippen LogP contribution >= 0.6 is 23.2 Å². The number of benzene rings is 1. The van der Waals surface area contributed by atoms with E-state index < -0.39 is 5.82 Å². The molecule has 0 bridgehead atoms. The van der Waals surface area contributed by atoms with Crippen LogP contribution in [0.25, 0.3) is 11.3 Å². The molecule has 0 radical (unpaired) electrons. The summed E-state index contributed by atoms with van der Waals surface area (Å²) in [7, 11) is 0. The van der Waals surface area contributed by atoms with Crippen molar-refractivity contribution in [3.8, 4) is 11.3 Å². The lowest BCUT2D eigenvalue weighted by Gasteiger charge is -2.01. The van der Waals surface area contributed by atoms with Gasteiger partial charge in [-0.05, 0) is 12.1 Å². The fourth-order valence-electron chi connectivity index (χ4n) is 1.16. The average Bonchev–Trinajstić information content (AvgIpc) is 2.57. The summed E-state index contributed by atoms with van der Waals surface area (Å²) < 4.78 is 13.5. The third kappa shape index (κ3) is 1.49. The van der Waals surface area contributed by atoms with Crippen LogP contribution in [0.5, 0.6) is 0 Å². The van der Waals surface area contributed by atoms with Crippen molar-refractivity contribution in [2.75, 3.05) is 0 Å². The van der Waals surface area contributed by atoms with Gasteiger partial charge in [-0.1, -0.05) is 29.3 Å². The molecule has 0 unspecified atom stereocenters. The van der Waals surface area contributed by atoms with E-state index in [1.807, 2.05) is 0 Å². The highest BCUT2D eigenvalue weighted by molar-refractivity contribution is 6.33. The Morgan fingerprint density at radius 3 is 2.64 bits per heavy atom. The summed E-state index contributed by atoms with van der Waals surface area (Å²) >= 11 is 11.4. The highest BCUT2D eigenvalue weighted by atomic mass is 35.5. The summed E-state index contributed by atoms with van der Waals surface area (Å²) in [6.07, 6.45) is 1.41. The lowest BCUT2D eigenvalue weighted by molar-refractivity contribution is 0.631. The quantitative estimate of drug-likeness (QED) is 0.798. The number of hydrogen-bond donors (Lipinski definition) is 1. The first-order valence-corrected chi connectivity index (χ1v) is 4.59. The fourth-order valence-corrected chi connectivity index (χ4v) is 1.52. The van der Waals surface area contributed by atoms with Gasteiger partial charge in [-0.25, -0.2) is 4.39 Å². The Bertz CT molecular complexity index is 468. The molecule has 1 aromatic heterocycles. The van der Waals surface area contributed by atoms with E-state index in [1.165, 1.54) is 12.3 Å². The number of aromatic nitrogens is 2. The van der Waals surface area contributed by atoms with Crippen LogP contribution in [0.4, 0.5) is 4.39 Å². The minimum Gasteiger partial charge on any atom is -0.276 e. The third-order valence-corrected chi connectivity index (χ3v) is 2.39. The van der Waals surface area contributed by atoms with Gasteiger partial charge in [0.05, 0.1) is 21.9 Å². The molecule has 0 saturated carbocycles. The zero-order valence-corrected chi connectivity index (χ0v) is 8.40. The number of aromatic amines is 1. The van der Waals surface area contributed by atoms with Gasteiger partial charge >= 0.3 is 0 Å². The summed E-state index contributed by atoms with van der Waals surface area (Å²) in [6, 6.07) is 4.71. The van der Waals surface area contributed by atoms with Crippen molar-refractivity contribution in [3.63, 3.8) is 0 Å². The molecule has 1 heterocycles. The molecule has 1 aromatic carbocycles. The zero-order chi connectivity index (χ0) is 10.1. The highest BCUT2D eigenvalue weighted by Gasteiger charge is 2.12. The van der Waals surface area contributed by atoms with Crippen LogP contribution in [0, 0.1) is 5.82 Å². The average molecular weight is 231 g/mol. The van der Waals surface area contributed by atoms with Gasteiger partial charge < -0.3 is 0 Å². The van der Waals surface area contributed by atoms with Crippen molar-refractivity contribution in [3.05, 3.63) is 40.3 Å². The van der Waals surface area contributed by atoms with Crippen LogP contribution < -0.4 is 0 Å². The van der Waals surface area contributed by atoms with E-state index in [0.29, 0.717) is 16.3 Å². The van der Waals surface area contributed by atoms with E-state index in [0.717, 1.165) is 0 Å². The molecule has 0 amide bonds. The summed E-state index contributed by atoms with van der Waals surface area (Å²) in [4.78, 5) is 0. The zero-order valence-electron chi connectivity index (χ0n) is 6.89. The SMILES string of the molecule is Fc1c(Cl)cccc1-c1[nH]ncc1Cl.